The van der Waals surface area contributed by atoms with E-state index in [4.69, 9.17) is 0 Å². The van der Waals surface area contributed by atoms with Crippen LogP contribution < -0.4 is 15.5 Å². The Morgan fingerprint density at radius 3 is 2.25 bits per heavy atom. The van der Waals surface area contributed by atoms with Crippen LogP contribution in [0, 0.1) is 5.92 Å². The summed E-state index contributed by atoms with van der Waals surface area (Å²) >= 11 is 0. The molecule has 5 nitrogen and oxygen atoms in total. The molecule has 0 saturated carbocycles. The largest absolute Gasteiger partial charge is 0.372 e. The van der Waals surface area contributed by atoms with Gasteiger partial charge in [-0.15, -0.1) is 0 Å². The first kappa shape index (κ1) is 19.9. The fourth-order valence-electron chi connectivity index (χ4n) is 3.47. The monoisotopic (exact) mass is 379 g/mol. The highest BCUT2D eigenvalue weighted by Crippen LogP contribution is 2.22. The maximum atomic E-state index is 12.9. The lowest BCUT2D eigenvalue weighted by atomic mass is 9.97. The van der Waals surface area contributed by atoms with Crippen molar-refractivity contribution in [2.75, 3.05) is 23.3 Å². The van der Waals surface area contributed by atoms with Crippen LogP contribution in [-0.2, 0) is 4.79 Å². The fourth-order valence-corrected chi connectivity index (χ4v) is 3.47. The van der Waals surface area contributed by atoms with Gasteiger partial charge in [-0.05, 0) is 55.2 Å². The predicted octanol–water partition coefficient (Wildman–Crippen LogP) is 4.07. The normalized spacial score (nSPS) is 15.7. The second-order valence-corrected chi connectivity index (χ2v) is 7.43. The smallest absolute Gasteiger partial charge is 0.251 e. The Hall–Kier alpha value is -2.82. The number of hydrogen-bond acceptors (Lipinski definition) is 3. The lowest BCUT2D eigenvalue weighted by Gasteiger charge is -2.24. The minimum atomic E-state index is -0.587. The van der Waals surface area contributed by atoms with Crippen LogP contribution in [0.2, 0.25) is 0 Å². The molecule has 2 aromatic rings. The topological polar surface area (TPSA) is 61.4 Å². The van der Waals surface area contributed by atoms with E-state index in [9.17, 15) is 9.59 Å². The number of benzene rings is 2. The van der Waals surface area contributed by atoms with Crippen LogP contribution in [0.5, 0.6) is 0 Å². The number of rotatable bonds is 7. The standard InChI is InChI=1S/C23H29N3O2/c1-3-17(2)21(25-22(27)18-9-5-4-6-10-18)23(28)24-19-11-13-20(14-12-19)26-15-7-8-16-26/h4-6,9-14,17,21H,3,7-8,15-16H2,1-2H3,(H,24,28)(H,25,27)/t17-,21+/m1/s1. The van der Waals surface area contributed by atoms with Gasteiger partial charge in [-0.1, -0.05) is 38.5 Å². The third kappa shape index (κ3) is 4.91. The Balaban J connectivity index is 1.66. The van der Waals surface area contributed by atoms with Gasteiger partial charge in [-0.2, -0.15) is 0 Å². The average molecular weight is 380 g/mol. The first-order valence-corrected chi connectivity index (χ1v) is 10.1. The minimum absolute atomic E-state index is 0.0246. The molecule has 0 aromatic heterocycles. The maximum absolute atomic E-state index is 12.9. The molecule has 0 radical (unpaired) electrons. The van der Waals surface area contributed by atoms with E-state index < -0.39 is 6.04 Å². The molecule has 3 rings (SSSR count). The van der Waals surface area contributed by atoms with E-state index in [1.54, 1.807) is 12.1 Å². The summed E-state index contributed by atoms with van der Waals surface area (Å²) in [6, 6.07) is 16.3. The van der Waals surface area contributed by atoms with Gasteiger partial charge in [0.15, 0.2) is 0 Å². The van der Waals surface area contributed by atoms with Gasteiger partial charge >= 0.3 is 0 Å². The fraction of sp³-hybridized carbons (Fsp3) is 0.391. The lowest BCUT2D eigenvalue weighted by molar-refractivity contribution is -0.119. The molecule has 0 bridgehead atoms. The van der Waals surface area contributed by atoms with Crippen molar-refractivity contribution in [3.63, 3.8) is 0 Å². The summed E-state index contributed by atoms with van der Waals surface area (Å²) in [6.45, 7) is 6.18. The molecule has 1 aliphatic heterocycles. The van der Waals surface area contributed by atoms with Crippen molar-refractivity contribution in [1.82, 2.24) is 5.32 Å². The lowest BCUT2D eigenvalue weighted by Crippen LogP contribution is -2.47. The molecule has 5 heteroatoms. The Labute approximate surface area is 167 Å². The number of nitrogens with one attached hydrogen (secondary N) is 2. The number of anilines is 2. The van der Waals surface area contributed by atoms with E-state index in [-0.39, 0.29) is 17.7 Å². The van der Waals surface area contributed by atoms with Crippen molar-refractivity contribution in [2.45, 2.75) is 39.2 Å². The number of hydrogen-bond donors (Lipinski definition) is 2. The summed E-state index contributed by atoms with van der Waals surface area (Å²) in [5.74, 6) is -0.394. The zero-order valence-corrected chi connectivity index (χ0v) is 16.7. The molecule has 0 spiro atoms. The molecular weight excluding hydrogens is 350 g/mol. The van der Waals surface area contributed by atoms with Gasteiger partial charge in [0.2, 0.25) is 5.91 Å². The van der Waals surface area contributed by atoms with Crippen LogP contribution in [0.3, 0.4) is 0 Å². The van der Waals surface area contributed by atoms with Gasteiger partial charge in [0.05, 0.1) is 0 Å². The predicted molar refractivity (Wildman–Crippen MR) is 114 cm³/mol. The van der Waals surface area contributed by atoms with Crippen molar-refractivity contribution in [3.8, 4) is 0 Å². The number of carbonyl (C=O) groups excluding carboxylic acids is 2. The number of carbonyl (C=O) groups is 2. The molecule has 1 aliphatic rings. The van der Waals surface area contributed by atoms with Crippen LogP contribution >= 0.6 is 0 Å². The Kier molecular flexibility index (Phi) is 6.69. The number of nitrogens with zero attached hydrogens (tertiary/aromatic N) is 1. The highest BCUT2D eigenvalue weighted by Gasteiger charge is 2.26. The van der Waals surface area contributed by atoms with Crippen LogP contribution in [0.15, 0.2) is 54.6 Å². The summed E-state index contributed by atoms with van der Waals surface area (Å²) in [5, 5.41) is 5.86. The second-order valence-electron chi connectivity index (χ2n) is 7.43. The third-order valence-corrected chi connectivity index (χ3v) is 5.42. The van der Waals surface area contributed by atoms with Crippen molar-refractivity contribution in [1.29, 1.82) is 0 Å². The Morgan fingerprint density at radius 2 is 1.64 bits per heavy atom. The molecule has 2 atom stereocenters. The van der Waals surface area contributed by atoms with Crippen LogP contribution in [0.1, 0.15) is 43.5 Å². The van der Waals surface area contributed by atoms with E-state index in [0.717, 1.165) is 25.2 Å². The highest BCUT2D eigenvalue weighted by atomic mass is 16.2. The van der Waals surface area contributed by atoms with Crippen molar-refractivity contribution in [2.24, 2.45) is 5.92 Å². The van der Waals surface area contributed by atoms with Crippen LogP contribution in [0.4, 0.5) is 11.4 Å². The summed E-state index contributed by atoms with van der Waals surface area (Å²) in [5.41, 5.74) is 2.49. The van der Waals surface area contributed by atoms with E-state index >= 15 is 0 Å². The molecule has 0 unspecified atom stereocenters. The molecule has 148 valence electrons. The first-order valence-electron chi connectivity index (χ1n) is 10.1. The summed E-state index contributed by atoms with van der Waals surface area (Å²) in [4.78, 5) is 27.8. The zero-order chi connectivity index (χ0) is 19.9. The van der Waals surface area contributed by atoms with E-state index in [1.165, 1.54) is 18.5 Å². The Morgan fingerprint density at radius 1 is 1.00 bits per heavy atom. The van der Waals surface area contributed by atoms with Gasteiger partial charge in [0.25, 0.3) is 5.91 Å². The van der Waals surface area contributed by atoms with Crippen molar-refractivity contribution in [3.05, 3.63) is 60.2 Å². The Bertz CT molecular complexity index is 783. The van der Waals surface area contributed by atoms with E-state index in [0.29, 0.717) is 5.56 Å². The molecule has 1 heterocycles. The SMILES string of the molecule is CC[C@@H](C)[C@H](NC(=O)c1ccccc1)C(=O)Nc1ccc(N2CCCC2)cc1. The zero-order valence-electron chi connectivity index (χ0n) is 16.7. The number of amides is 2. The average Bonchev–Trinajstić information content (AvgIpc) is 3.27. The molecular formula is C23H29N3O2. The van der Waals surface area contributed by atoms with E-state index in [1.807, 2.05) is 56.3 Å². The highest BCUT2D eigenvalue weighted by molar-refractivity contribution is 6.01. The van der Waals surface area contributed by atoms with Gasteiger partial charge in [-0.25, -0.2) is 0 Å². The molecule has 1 saturated heterocycles. The molecule has 1 fully saturated rings. The summed E-state index contributed by atoms with van der Waals surface area (Å²) < 4.78 is 0. The summed E-state index contributed by atoms with van der Waals surface area (Å²) in [7, 11) is 0. The minimum Gasteiger partial charge on any atom is -0.372 e. The van der Waals surface area contributed by atoms with Gasteiger partial charge in [0.1, 0.15) is 6.04 Å². The van der Waals surface area contributed by atoms with E-state index in [2.05, 4.69) is 15.5 Å². The quantitative estimate of drug-likeness (QED) is 0.762. The van der Waals surface area contributed by atoms with Crippen molar-refractivity contribution < 1.29 is 9.59 Å². The molecule has 0 aliphatic carbocycles. The van der Waals surface area contributed by atoms with Crippen molar-refractivity contribution >= 4 is 23.2 Å². The molecule has 2 amide bonds. The summed E-state index contributed by atoms with van der Waals surface area (Å²) in [6.07, 6.45) is 3.26. The third-order valence-electron chi connectivity index (χ3n) is 5.42. The van der Waals surface area contributed by atoms with Gasteiger partial charge in [-0.3, -0.25) is 9.59 Å². The van der Waals surface area contributed by atoms with Gasteiger partial charge < -0.3 is 15.5 Å². The molecule has 28 heavy (non-hydrogen) atoms. The van der Waals surface area contributed by atoms with Gasteiger partial charge in [0, 0.05) is 30.0 Å². The second kappa shape index (κ2) is 9.40. The first-order chi connectivity index (χ1) is 13.6. The van der Waals surface area contributed by atoms with Crippen LogP contribution in [-0.4, -0.2) is 30.9 Å². The molecule has 2 N–H and O–H groups in total. The van der Waals surface area contributed by atoms with Crippen LogP contribution in [0.25, 0.3) is 0 Å². The molecule has 2 aromatic carbocycles. The maximum Gasteiger partial charge on any atom is 0.251 e.